The molecule has 0 fully saturated rings. The third kappa shape index (κ3) is 4.20. The summed E-state index contributed by atoms with van der Waals surface area (Å²) in [6.45, 7) is 1.01. The van der Waals surface area contributed by atoms with Gasteiger partial charge in [-0.1, -0.05) is 34.1 Å². The fraction of sp³-hybridized carbons (Fsp3) is 0.263. The number of carbonyl (C=O) groups is 2. The Kier molecular flexibility index (Phi) is 5.38. The topological polar surface area (TPSA) is 58.6 Å². The number of anilines is 1. The number of rotatable bonds is 4. The molecule has 2 aromatic rings. The smallest absolute Gasteiger partial charge is 0.257 e. The molecule has 0 atom stereocenters. The average molecular weight is 403 g/mol. The monoisotopic (exact) mass is 402 g/mol. The van der Waals surface area contributed by atoms with E-state index in [1.807, 2.05) is 24.3 Å². The van der Waals surface area contributed by atoms with Gasteiger partial charge in [-0.15, -0.1) is 0 Å². The summed E-state index contributed by atoms with van der Waals surface area (Å²) in [6, 6.07) is 13.0. The predicted octanol–water partition coefficient (Wildman–Crippen LogP) is 3.48. The van der Waals surface area contributed by atoms with Crippen molar-refractivity contribution in [3.8, 4) is 5.75 Å². The van der Waals surface area contributed by atoms with Crippen molar-refractivity contribution in [3.05, 3.63) is 58.1 Å². The molecule has 0 spiro atoms. The number of nitrogens with zero attached hydrogens (tertiary/aromatic N) is 1. The summed E-state index contributed by atoms with van der Waals surface area (Å²) in [5.74, 6) is 0.364. The van der Waals surface area contributed by atoms with E-state index in [-0.39, 0.29) is 11.8 Å². The summed E-state index contributed by atoms with van der Waals surface area (Å²) in [4.78, 5) is 26.2. The summed E-state index contributed by atoms with van der Waals surface area (Å²) < 4.78 is 6.59. The molecule has 0 aliphatic carbocycles. The number of benzene rings is 2. The number of likely N-dealkylation sites (N-methyl/N-ethyl adjacent to an activating group) is 1. The second kappa shape index (κ2) is 7.70. The minimum Gasteiger partial charge on any atom is -0.491 e. The Morgan fingerprint density at radius 1 is 1.28 bits per heavy atom. The molecule has 0 radical (unpaired) electrons. The number of aryl methyl sites for hydroxylation is 1. The van der Waals surface area contributed by atoms with Gasteiger partial charge in [0.2, 0.25) is 5.91 Å². The predicted molar refractivity (Wildman–Crippen MR) is 100.0 cm³/mol. The van der Waals surface area contributed by atoms with Gasteiger partial charge < -0.3 is 15.0 Å². The van der Waals surface area contributed by atoms with Gasteiger partial charge in [-0.3, -0.25) is 9.59 Å². The molecule has 1 aliphatic rings. The van der Waals surface area contributed by atoms with Gasteiger partial charge in [0.15, 0.2) is 0 Å². The van der Waals surface area contributed by atoms with Gasteiger partial charge >= 0.3 is 0 Å². The van der Waals surface area contributed by atoms with Gasteiger partial charge in [-0.05, 0) is 36.2 Å². The molecule has 130 valence electrons. The number of hydrogen-bond acceptors (Lipinski definition) is 3. The summed E-state index contributed by atoms with van der Waals surface area (Å²) in [5, 5.41) is 2.86. The van der Waals surface area contributed by atoms with Crippen LogP contribution in [0.5, 0.6) is 5.75 Å². The molecule has 2 aromatic carbocycles. The van der Waals surface area contributed by atoms with Crippen LogP contribution >= 0.6 is 15.9 Å². The van der Waals surface area contributed by atoms with Crippen molar-refractivity contribution in [1.29, 1.82) is 0 Å². The van der Waals surface area contributed by atoms with E-state index in [1.54, 1.807) is 30.1 Å². The van der Waals surface area contributed by atoms with E-state index in [1.165, 1.54) is 0 Å². The van der Waals surface area contributed by atoms with Crippen molar-refractivity contribution < 1.29 is 14.3 Å². The Labute approximate surface area is 155 Å². The van der Waals surface area contributed by atoms with Crippen LogP contribution in [0.15, 0.2) is 46.9 Å². The van der Waals surface area contributed by atoms with Crippen LogP contribution in [0, 0.1) is 0 Å². The molecule has 0 unspecified atom stereocenters. The van der Waals surface area contributed by atoms with Crippen LogP contribution in [-0.4, -0.2) is 36.9 Å². The normalized spacial score (nSPS) is 13.7. The molecular weight excluding hydrogens is 384 g/mol. The van der Waals surface area contributed by atoms with Crippen molar-refractivity contribution in [2.45, 2.75) is 12.8 Å². The molecule has 1 heterocycles. The van der Waals surface area contributed by atoms with Crippen LogP contribution in [0.4, 0.5) is 5.69 Å². The van der Waals surface area contributed by atoms with E-state index in [0.717, 1.165) is 10.0 Å². The van der Waals surface area contributed by atoms with Crippen LogP contribution in [-0.2, 0) is 11.2 Å². The van der Waals surface area contributed by atoms with Gasteiger partial charge in [0, 0.05) is 23.6 Å². The lowest BCUT2D eigenvalue weighted by molar-refractivity contribution is -0.116. The average Bonchev–Trinajstić information content (AvgIpc) is 2.74. The third-order valence-electron chi connectivity index (χ3n) is 4.10. The van der Waals surface area contributed by atoms with Crippen molar-refractivity contribution in [1.82, 2.24) is 4.90 Å². The van der Waals surface area contributed by atoms with Crippen LogP contribution in [0.3, 0.4) is 0 Å². The first-order valence-corrected chi connectivity index (χ1v) is 8.89. The zero-order valence-electron chi connectivity index (χ0n) is 13.9. The van der Waals surface area contributed by atoms with Crippen LogP contribution < -0.4 is 10.1 Å². The highest BCUT2D eigenvalue weighted by atomic mass is 79.9. The van der Waals surface area contributed by atoms with Crippen molar-refractivity contribution in [2.75, 3.05) is 25.5 Å². The summed E-state index contributed by atoms with van der Waals surface area (Å²) in [6.07, 6.45) is 1.01. The molecular formula is C19H19BrN2O3. The highest BCUT2D eigenvalue weighted by Crippen LogP contribution is 2.26. The molecule has 0 saturated heterocycles. The minimum atomic E-state index is -0.100. The Bertz CT molecular complexity index is 807. The number of nitrogens with one attached hydrogen (secondary N) is 1. The molecule has 25 heavy (non-hydrogen) atoms. The second-order valence-corrected chi connectivity index (χ2v) is 6.78. The first kappa shape index (κ1) is 17.5. The number of amides is 2. The van der Waals surface area contributed by atoms with E-state index >= 15 is 0 Å². The van der Waals surface area contributed by atoms with Crippen molar-refractivity contribution >= 4 is 33.4 Å². The van der Waals surface area contributed by atoms with Crippen LogP contribution in [0.1, 0.15) is 22.3 Å². The van der Waals surface area contributed by atoms with Gasteiger partial charge in [0.1, 0.15) is 12.4 Å². The highest BCUT2D eigenvalue weighted by molar-refractivity contribution is 9.10. The zero-order valence-corrected chi connectivity index (χ0v) is 15.5. The Morgan fingerprint density at radius 2 is 2.08 bits per heavy atom. The second-order valence-electron chi connectivity index (χ2n) is 5.93. The highest BCUT2D eigenvalue weighted by Gasteiger charge is 2.21. The molecule has 0 bridgehead atoms. The van der Waals surface area contributed by atoms with Gasteiger partial charge in [-0.25, -0.2) is 0 Å². The van der Waals surface area contributed by atoms with Gasteiger partial charge in [-0.2, -0.15) is 0 Å². The summed E-state index contributed by atoms with van der Waals surface area (Å²) in [7, 11) is 1.74. The van der Waals surface area contributed by atoms with E-state index in [4.69, 9.17) is 4.74 Å². The van der Waals surface area contributed by atoms with E-state index in [9.17, 15) is 9.59 Å². The summed E-state index contributed by atoms with van der Waals surface area (Å²) >= 11 is 3.49. The number of halogens is 1. The van der Waals surface area contributed by atoms with Crippen LogP contribution in [0.25, 0.3) is 0 Å². The number of ether oxygens (including phenoxy) is 1. The Morgan fingerprint density at radius 3 is 2.88 bits per heavy atom. The standard InChI is InChI=1S/C19H19BrN2O3/c1-22-10-11-25-17-8-7-14(12-15(17)19(22)24)21-18(23)9-6-13-4-2-3-5-16(13)20/h2-5,7-8,12H,6,9-11H2,1H3,(H,21,23). The maximum atomic E-state index is 12.4. The number of fused-ring (bicyclic) bond motifs is 1. The van der Waals surface area contributed by atoms with Gasteiger partial charge in [0.05, 0.1) is 12.1 Å². The maximum Gasteiger partial charge on any atom is 0.257 e. The van der Waals surface area contributed by atoms with Crippen molar-refractivity contribution in [2.24, 2.45) is 0 Å². The zero-order chi connectivity index (χ0) is 17.8. The maximum absolute atomic E-state index is 12.4. The molecule has 3 rings (SSSR count). The first-order chi connectivity index (χ1) is 12.0. The molecule has 0 aromatic heterocycles. The first-order valence-electron chi connectivity index (χ1n) is 8.10. The minimum absolute atomic E-state index is 0.0916. The van der Waals surface area contributed by atoms with Crippen LogP contribution in [0.2, 0.25) is 0 Å². The van der Waals surface area contributed by atoms with E-state index in [2.05, 4.69) is 21.2 Å². The molecule has 1 N–H and O–H groups in total. The number of hydrogen-bond donors (Lipinski definition) is 1. The SMILES string of the molecule is CN1CCOc2ccc(NC(=O)CCc3ccccc3Br)cc2C1=O. The Hall–Kier alpha value is -2.34. The summed E-state index contributed by atoms with van der Waals surface area (Å²) in [5.41, 5.74) is 2.16. The molecule has 2 amide bonds. The van der Waals surface area contributed by atoms with E-state index < -0.39 is 0 Å². The number of carbonyl (C=O) groups excluding carboxylic acids is 2. The molecule has 1 aliphatic heterocycles. The lowest BCUT2D eigenvalue weighted by Gasteiger charge is -2.13. The molecule has 5 nitrogen and oxygen atoms in total. The van der Waals surface area contributed by atoms with E-state index in [0.29, 0.717) is 43.0 Å². The van der Waals surface area contributed by atoms with Crippen molar-refractivity contribution in [3.63, 3.8) is 0 Å². The Balaban J connectivity index is 1.67. The largest absolute Gasteiger partial charge is 0.491 e. The fourth-order valence-electron chi connectivity index (χ4n) is 2.67. The molecule has 6 heteroatoms. The third-order valence-corrected chi connectivity index (χ3v) is 4.88. The quantitative estimate of drug-likeness (QED) is 0.851. The fourth-order valence-corrected chi connectivity index (χ4v) is 3.16. The lowest BCUT2D eigenvalue weighted by atomic mass is 10.1. The lowest BCUT2D eigenvalue weighted by Crippen LogP contribution is -2.27. The molecule has 0 saturated carbocycles. The van der Waals surface area contributed by atoms with Gasteiger partial charge in [0.25, 0.3) is 5.91 Å².